The summed E-state index contributed by atoms with van der Waals surface area (Å²) in [6.07, 6.45) is 1.64. The third-order valence-electron chi connectivity index (χ3n) is 4.66. The van der Waals surface area contributed by atoms with E-state index in [1.807, 2.05) is 36.4 Å². The highest BCUT2D eigenvalue weighted by atomic mass is 16.5. The third-order valence-corrected chi connectivity index (χ3v) is 4.66. The maximum Gasteiger partial charge on any atom is 0.291 e. The Morgan fingerprint density at radius 3 is 2.50 bits per heavy atom. The fourth-order valence-electron chi connectivity index (χ4n) is 3.01. The molecule has 0 aliphatic carbocycles. The lowest BCUT2D eigenvalue weighted by Crippen LogP contribution is -2.23. The number of methoxy groups -OCH3 is 1. The molecule has 1 heterocycles. The highest BCUT2D eigenvalue weighted by molar-refractivity contribution is 6.08. The first-order valence-electron chi connectivity index (χ1n) is 9.43. The number of fused-ring (bicyclic) bond motifs is 1. The molecule has 6 nitrogen and oxygen atoms in total. The largest absolute Gasteiger partial charge is 0.497 e. The van der Waals surface area contributed by atoms with E-state index in [-0.39, 0.29) is 17.6 Å². The Bertz CT molecular complexity index is 1100. The fourth-order valence-corrected chi connectivity index (χ4v) is 3.01. The van der Waals surface area contributed by atoms with Gasteiger partial charge in [-0.15, -0.1) is 0 Å². The van der Waals surface area contributed by atoms with Crippen LogP contribution in [0.15, 0.2) is 78.6 Å². The molecule has 2 amide bonds. The minimum Gasteiger partial charge on any atom is -0.497 e. The van der Waals surface area contributed by atoms with E-state index in [1.54, 1.807) is 49.6 Å². The number of carbonyl (C=O) groups excluding carboxylic acids is 2. The topological polar surface area (TPSA) is 76.7 Å². The summed E-state index contributed by atoms with van der Waals surface area (Å²) in [5.41, 5.74) is 2.91. The number of benzene rings is 3. The molecule has 3 aromatic carbocycles. The van der Waals surface area contributed by atoms with Crippen LogP contribution in [0.3, 0.4) is 0 Å². The summed E-state index contributed by atoms with van der Waals surface area (Å²) < 4.78 is 10.8. The number of ether oxygens (including phenoxy) is 2. The first-order valence-corrected chi connectivity index (χ1v) is 9.43. The highest BCUT2D eigenvalue weighted by Crippen LogP contribution is 2.30. The van der Waals surface area contributed by atoms with Gasteiger partial charge in [-0.2, -0.15) is 0 Å². The van der Waals surface area contributed by atoms with Gasteiger partial charge in [0, 0.05) is 12.1 Å². The zero-order chi connectivity index (χ0) is 20.9. The molecule has 2 N–H and O–H groups in total. The number of carbonyl (C=O) groups is 2. The lowest BCUT2D eigenvalue weighted by molar-refractivity contribution is -0.115. The van der Waals surface area contributed by atoms with Gasteiger partial charge < -0.3 is 20.1 Å². The average molecular weight is 400 g/mol. The fraction of sp³-hybridized carbons (Fsp3) is 0.0833. The van der Waals surface area contributed by atoms with Crippen LogP contribution < -0.4 is 20.1 Å². The number of anilines is 1. The third kappa shape index (κ3) is 4.33. The molecule has 0 bridgehead atoms. The van der Waals surface area contributed by atoms with Gasteiger partial charge in [0.2, 0.25) is 0 Å². The standard InChI is InChI=1S/C24H20N2O4/c1-29-19-12-8-17(9-13-19)15-25-23(27)18-10-6-16(7-11-18)14-22-24(28)26-20-4-2-3-5-21(20)30-22/h2-14H,15H2,1H3,(H,25,27)(H,26,28)/b22-14-. The molecule has 0 saturated heterocycles. The molecule has 0 saturated carbocycles. The van der Waals surface area contributed by atoms with Crippen LogP contribution in [0, 0.1) is 0 Å². The Labute approximate surface area is 174 Å². The summed E-state index contributed by atoms with van der Waals surface area (Å²) in [6.45, 7) is 0.419. The van der Waals surface area contributed by atoms with Crippen LogP contribution in [0.5, 0.6) is 11.5 Å². The van der Waals surface area contributed by atoms with Crippen molar-refractivity contribution >= 4 is 23.6 Å². The van der Waals surface area contributed by atoms with Crippen LogP contribution in [-0.4, -0.2) is 18.9 Å². The van der Waals surface area contributed by atoms with Crippen molar-refractivity contribution in [3.05, 3.63) is 95.2 Å². The van der Waals surface area contributed by atoms with Gasteiger partial charge in [0.15, 0.2) is 11.5 Å². The summed E-state index contributed by atoms with van der Waals surface area (Å²) in [7, 11) is 1.61. The number of hydrogen-bond acceptors (Lipinski definition) is 4. The van der Waals surface area contributed by atoms with Crippen molar-refractivity contribution in [2.75, 3.05) is 12.4 Å². The van der Waals surface area contributed by atoms with Crippen LogP contribution in [0.4, 0.5) is 5.69 Å². The molecule has 0 unspecified atom stereocenters. The lowest BCUT2D eigenvalue weighted by atomic mass is 10.1. The lowest BCUT2D eigenvalue weighted by Gasteiger charge is -2.19. The Morgan fingerprint density at radius 2 is 1.77 bits per heavy atom. The molecule has 0 aromatic heterocycles. The van der Waals surface area contributed by atoms with Crippen molar-refractivity contribution in [2.45, 2.75) is 6.54 Å². The van der Waals surface area contributed by atoms with E-state index < -0.39 is 0 Å². The summed E-state index contributed by atoms with van der Waals surface area (Å²) >= 11 is 0. The van der Waals surface area contributed by atoms with Crippen molar-refractivity contribution in [2.24, 2.45) is 0 Å². The summed E-state index contributed by atoms with van der Waals surface area (Å²) in [5.74, 6) is 1.08. The van der Waals surface area contributed by atoms with E-state index in [2.05, 4.69) is 10.6 Å². The van der Waals surface area contributed by atoms with E-state index >= 15 is 0 Å². The van der Waals surface area contributed by atoms with Crippen LogP contribution in [0.2, 0.25) is 0 Å². The normalized spacial score (nSPS) is 13.8. The molecule has 150 valence electrons. The maximum absolute atomic E-state index is 12.4. The Morgan fingerprint density at radius 1 is 1.03 bits per heavy atom. The predicted molar refractivity (Wildman–Crippen MR) is 114 cm³/mol. The molecule has 0 spiro atoms. The smallest absolute Gasteiger partial charge is 0.291 e. The SMILES string of the molecule is COc1ccc(CNC(=O)c2ccc(/C=C3\Oc4ccccc4NC3=O)cc2)cc1. The van der Waals surface area contributed by atoms with Crippen LogP contribution >= 0.6 is 0 Å². The zero-order valence-corrected chi connectivity index (χ0v) is 16.3. The molecule has 1 aliphatic heterocycles. The highest BCUT2D eigenvalue weighted by Gasteiger charge is 2.21. The Kier molecular flexibility index (Phi) is 5.48. The van der Waals surface area contributed by atoms with E-state index in [4.69, 9.17) is 9.47 Å². The van der Waals surface area contributed by atoms with E-state index in [1.165, 1.54) is 0 Å². The second-order valence-corrected chi connectivity index (χ2v) is 6.71. The minimum atomic E-state index is -0.310. The molecular weight excluding hydrogens is 380 g/mol. The van der Waals surface area contributed by atoms with Gasteiger partial charge in [-0.1, -0.05) is 36.4 Å². The van der Waals surface area contributed by atoms with Crippen molar-refractivity contribution in [3.8, 4) is 11.5 Å². The Hall–Kier alpha value is -4.06. The molecule has 0 fully saturated rings. The van der Waals surface area contributed by atoms with Crippen molar-refractivity contribution < 1.29 is 19.1 Å². The van der Waals surface area contributed by atoms with Gasteiger partial charge in [-0.3, -0.25) is 9.59 Å². The summed E-state index contributed by atoms with van der Waals surface area (Å²) in [6, 6.07) is 21.7. The summed E-state index contributed by atoms with van der Waals surface area (Å²) in [4.78, 5) is 24.6. The van der Waals surface area contributed by atoms with Crippen molar-refractivity contribution in [3.63, 3.8) is 0 Å². The number of amides is 2. The molecule has 0 radical (unpaired) electrons. The van der Waals surface area contributed by atoms with Gasteiger partial charge in [0.05, 0.1) is 12.8 Å². The van der Waals surface area contributed by atoms with Gasteiger partial charge in [0.1, 0.15) is 5.75 Å². The predicted octanol–water partition coefficient (Wildman–Crippen LogP) is 4.00. The van der Waals surface area contributed by atoms with E-state index in [9.17, 15) is 9.59 Å². The molecule has 1 aliphatic rings. The molecule has 0 atom stereocenters. The van der Waals surface area contributed by atoms with Gasteiger partial charge in [0.25, 0.3) is 11.8 Å². The van der Waals surface area contributed by atoms with E-state index in [0.29, 0.717) is 23.5 Å². The van der Waals surface area contributed by atoms with Gasteiger partial charge in [-0.25, -0.2) is 0 Å². The molecule has 4 rings (SSSR count). The maximum atomic E-state index is 12.4. The zero-order valence-electron chi connectivity index (χ0n) is 16.3. The summed E-state index contributed by atoms with van der Waals surface area (Å²) in [5, 5.41) is 5.68. The second-order valence-electron chi connectivity index (χ2n) is 6.71. The number of hydrogen-bond donors (Lipinski definition) is 2. The molecule has 6 heteroatoms. The van der Waals surface area contributed by atoms with Crippen molar-refractivity contribution in [1.82, 2.24) is 5.32 Å². The number of para-hydroxylation sites is 2. The van der Waals surface area contributed by atoms with Crippen LogP contribution in [-0.2, 0) is 11.3 Å². The first kappa shape index (κ1) is 19.3. The molecular formula is C24H20N2O4. The quantitative estimate of drug-likeness (QED) is 0.635. The number of nitrogens with one attached hydrogen (secondary N) is 2. The van der Waals surface area contributed by atoms with Crippen LogP contribution in [0.25, 0.3) is 6.08 Å². The molecule has 30 heavy (non-hydrogen) atoms. The minimum absolute atomic E-state index is 0.175. The Balaban J connectivity index is 1.40. The monoisotopic (exact) mass is 400 g/mol. The average Bonchev–Trinajstić information content (AvgIpc) is 2.79. The van der Waals surface area contributed by atoms with Gasteiger partial charge in [-0.05, 0) is 53.6 Å². The first-order chi connectivity index (χ1) is 14.6. The van der Waals surface area contributed by atoms with Crippen molar-refractivity contribution in [1.29, 1.82) is 0 Å². The van der Waals surface area contributed by atoms with Crippen LogP contribution in [0.1, 0.15) is 21.5 Å². The van der Waals surface area contributed by atoms with Gasteiger partial charge >= 0.3 is 0 Å². The number of rotatable bonds is 5. The molecule has 3 aromatic rings. The van der Waals surface area contributed by atoms with E-state index in [0.717, 1.165) is 16.9 Å². The second kappa shape index (κ2) is 8.53.